The highest BCUT2D eigenvalue weighted by Crippen LogP contribution is 2.15. The van der Waals surface area contributed by atoms with Crippen molar-refractivity contribution in [3.63, 3.8) is 0 Å². The quantitative estimate of drug-likeness (QED) is 0.0331. The first-order valence-corrected chi connectivity index (χ1v) is 22.2. The molecule has 2 atom stereocenters. The van der Waals surface area contributed by atoms with Gasteiger partial charge in [-0.15, -0.1) is 0 Å². The smallest absolute Gasteiger partial charge is 0.305 e. The summed E-state index contributed by atoms with van der Waals surface area (Å²) in [5.41, 5.74) is 0. The number of carbonyl (C=O) groups is 2. The van der Waals surface area contributed by atoms with Crippen molar-refractivity contribution < 1.29 is 24.5 Å². The molecule has 1 amide bonds. The normalized spacial score (nSPS) is 13.1. The van der Waals surface area contributed by atoms with E-state index in [1.54, 1.807) is 0 Å². The topological polar surface area (TPSA) is 95.9 Å². The zero-order chi connectivity index (χ0) is 38.0. The Kier molecular flexibility index (Phi) is 40.3. The van der Waals surface area contributed by atoms with Crippen LogP contribution in [0, 0.1) is 0 Å². The average Bonchev–Trinajstić information content (AvgIpc) is 3.14. The Morgan fingerprint density at radius 2 is 1.02 bits per heavy atom. The summed E-state index contributed by atoms with van der Waals surface area (Å²) in [5, 5.41) is 23.1. The number of hydrogen-bond donors (Lipinski definition) is 3. The Labute approximate surface area is 322 Å². The maximum absolute atomic E-state index is 12.4. The second kappa shape index (κ2) is 41.8. The molecule has 0 aromatic heterocycles. The summed E-state index contributed by atoms with van der Waals surface area (Å²) in [7, 11) is 0. The van der Waals surface area contributed by atoms with Crippen molar-refractivity contribution in [3.8, 4) is 0 Å². The molecule has 0 rings (SSSR count). The maximum Gasteiger partial charge on any atom is 0.305 e. The molecule has 0 bridgehead atoms. The highest BCUT2D eigenvalue weighted by molar-refractivity contribution is 5.76. The third-order valence-electron chi connectivity index (χ3n) is 9.89. The lowest BCUT2D eigenvalue weighted by molar-refractivity contribution is -0.143. The van der Waals surface area contributed by atoms with Crippen molar-refractivity contribution in [1.29, 1.82) is 0 Å². The van der Waals surface area contributed by atoms with Crippen LogP contribution in [0.15, 0.2) is 36.5 Å². The highest BCUT2D eigenvalue weighted by Gasteiger charge is 2.19. The zero-order valence-electron chi connectivity index (χ0n) is 34.3. The van der Waals surface area contributed by atoms with E-state index in [4.69, 9.17) is 4.74 Å². The Morgan fingerprint density at radius 3 is 1.60 bits per heavy atom. The molecule has 0 spiro atoms. The third kappa shape index (κ3) is 37.8. The van der Waals surface area contributed by atoms with Crippen LogP contribution in [0.5, 0.6) is 0 Å². The Bertz CT molecular complexity index is 854. The van der Waals surface area contributed by atoms with Crippen LogP contribution in [0.2, 0.25) is 0 Å². The van der Waals surface area contributed by atoms with E-state index in [2.05, 4.69) is 55.6 Å². The first-order valence-electron chi connectivity index (χ1n) is 22.2. The molecule has 6 nitrogen and oxygen atoms in total. The van der Waals surface area contributed by atoms with E-state index in [9.17, 15) is 19.8 Å². The molecule has 0 heterocycles. The number of aliphatic hydroxyl groups is 2. The minimum absolute atomic E-state index is 0.0521. The van der Waals surface area contributed by atoms with E-state index in [1.165, 1.54) is 103 Å². The Balaban J connectivity index is 3.58. The van der Waals surface area contributed by atoms with Gasteiger partial charge < -0.3 is 20.3 Å². The molecule has 304 valence electrons. The van der Waals surface area contributed by atoms with Crippen molar-refractivity contribution in [2.24, 2.45) is 0 Å². The van der Waals surface area contributed by atoms with Gasteiger partial charge >= 0.3 is 5.97 Å². The van der Waals surface area contributed by atoms with Gasteiger partial charge in [0.1, 0.15) is 0 Å². The van der Waals surface area contributed by atoms with Crippen molar-refractivity contribution in [2.45, 2.75) is 231 Å². The molecule has 52 heavy (non-hydrogen) atoms. The van der Waals surface area contributed by atoms with Gasteiger partial charge in [0.2, 0.25) is 5.91 Å². The number of ether oxygens (including phenoxy) is 1. The van der Waals surface area contributed by atoms with Gasteiger partial charge in [-0.25, -0.2) is 0 Å². The zero-order valence-corrected chi connectivity index (χ0v) is 34.3. The summed E-state index contributed by atoms with van der Waals surface area (Å²) < 4.78 is 5.41. The molecule has 0 aromatic carbocycles. The Morgan fingerprint density at radius 1 is 0.538 bits per heavy atom. The van der Waals surface area contributed by atoms with Crippen LogP contribution in [-0.2, 0) is 14.3 Å². The second-order valence-corrected chi connectivity index (χ2v) is 15.0. The molecule has 0 aliphatic heterocycles. The first kappa shape index (κ1) is 50.1. The van der Waals surface area contributed by atoms with E-state index in [0.717, 1.165) is 83.5 Å². The largest absolute Gasteiger partial charge is 0.466 e. The van der Waals surface area contributed by atoms with E-state index in [-0.39, 0.29) is 18.5 Å². The van der Waals surface area contributed by atoms with Gasteiger partial charge in [-0.05, 0) is 70.6 Å². The van der Waals surface area contributed by atoms with Gasteiger partial charge in [0, 0.05) is 12.8 Å². The molecule has 6 heteroatoms. The molecule has 2 unspecified atom stereocenters. The predicted molar refractivity (Wildman–Crippen MR) is 222 cm³/mol. The van der Waals surface area contributed by atoms with Crippen molar-refractivity contribution in [2.75, 3.05) is 13.2 Å². The average molecular weight is 732 g/mol. The fourth-order valence-electron chi connectivity index (χ4n) is 6.44. The lowest BCUT2D eigenvalue weighted by Crippen LogP contribution is -2.45. The van der Waals surface area contributed by atoms with Crippen LogP contribution in [0.3, 0.4) is 0 Å². The number of carbonyl (C=O) groups excluding carboxylic acids is 2. The molecule has 0 saturated carbocycles. The first-order chi connectivity index (χ1) is 25.5. The summed E-state index contributed by atoms with van der Waals surface area (Å²) in [6.07, 6.45) is 48.2. The maximum atomic E-state index is 12.4. The Hall–Kier alpha value is -1.92. The molecule has 3 N–H and O–H groups in total. The number of amides is 1. The van der Waals surface area contributed by atoms with Gasteiger partial charge in [0.25, 0.3) is 0 Å². The van der Waals surface area contributed by atoms with Crippen LogP contribution >= 0.6 is 0 Å². The second-order valence-electron chi connectivity index (χ2n) is 15.0. The summed E-state index contributed by atoms with van der Waals surface area (Å²) in [6, 6.07) is -0.579. The van der Waals surface area contributed by atoms with Gasteiger partial charge in [-0.1, -0.05) is 172 Å². The van der Waals surface area contributed by atoms with Crippen LogP contribution < -0.4 is 5.32 Å². The molecule has 0 aromatic rings. The minimum Gasteiger partial charge on any atom is -0.466 e. The molecule has 0 saturated heterocycles. The van der Waals surface area contributed by atoms with Crippen molar-refractivity contribution in [1.82, 2.24) is 5.32 Å². The molecular weight excluding hydrogens is 647 g/mol. The summed E-state index contributed by atoms with van der Waals surface area (Å²) in [5.74, 6) is -0.151. The van der Waals surface area contributed by atoms with E-state index < -0.39 is 12.1 Å². The van der Waals surface area contributed by atoms with Crippen LogP contribution in [-0.4, -0.2) is 47.4 Å². The molecule has 0 radical (unpaired) electrons. The number of esters is 1. The van der Waals surface area contributed by atoms with Crippen molar-refractivity contribution >= 4 is 11.9 Å². The van der Waals surface area contributed by atoms with E-state index >= 15 is 0 Å². The SMILES string of the molecule is CCC/C=C\C/C=C\CCCCCCCC(=O)OCCCCCC/C=C\CCCC(=O)NC(CO)C(O)CCCCCCCCCCCCCCC. The molecule has 0 aliphatic carbocycles. The van der Waals surface area contributed by atoms with Gasteiger partial charge in [0.05, 0.1) is 25.4 Å². The number of aliphatic hydroxyl groups excluding tert-OH is 2. The lowest BCUT2D eigenvalue weighted by atomic mass is 10.0. The molecular formula is C46H85NO5. The van der Waals surface area contributed by atoms with Gasteiger partial charge in [-0.3, -0.25) is 9.59 Å². The third-order valence-corrected chi connectivity index (χ3v) is 9.89. The van der Waals surface area contributed by atoms with Crippen LogP contribution in [0.4, 0.5) is 0 Å². The predicted octanol–water partition coefficient (Wildman–Crippen LogP) is 12.6. The van der Waals surface area contributed by atoms with E-state index in [1.807, 2.05) is 0 Å². The fourth-order valence-corrected chi connectivity index (χ4v) is 6.44. The minimum atomic E-state index is -0.695. The van der Waals surface area contributed by atoms with Crippen LogP contribution in [0.1, 0.15) is 219 Å². The summed E-state index contributed by atoms with van der Waals surface area (Å²) >= 11 is 0. The number of hydrogen-bond acceptors (Lipinski definition) is 5. The number of unbranched alkanes of at least 4 members (excludes halogenated alkanes) is 23. The number of nitrogens with one attached hydrogen (secondary N) is 1. The number of rotatable bonds is 40. The number of allylic oxidation sites excluding steroid dienone is 6. The molecule has 0 aliphatic rings. The summed E-state index contributed by atoms with van der Waals surface area (Å²) in [4.78, 5) is 24.3. The molecule has 0 fully saturated rings. The standard InChI is InChI=1S/C46H85NO5/c1-3-5-7-9-11-13-15-17-19-22-26-30-34-38-44(49)43(42-48)47-45(50)39-35-31-27-23-21-25-29-33-37-41-52-46(51)40-36-32-28-24-20-18-16-14-12-10-8-6-4-2/h8,10,14,16,23,27,43-44,48-49H,3-7,9,11-13,15,17-22,24-26,28-42H2,1-2H3,(H,47,50)/b10-8-,16-14-,27-23-. The van der Waals surface area contributed by atoms with Gasteiger partial charge in [-0.2, -0.15) is 0 Å². The monoisotopic (exact) mass is 732 g/mol. The van der Waals surface area contributed by atoms with Gasteiger partial charge in [0.15, 0.2) is 0 Å². The van der Waals surface area contributed by atoms with E-state index in [0.29, 0.717) is 25.9 Å². The summed E-state index contributed by atoms with van der Waals surface area (Å²) in [6.45, 7) is 4.77. The highest BCUT2D eigenvalue weighted by atomic mass is 16.5. The lowest BCUT2D eigenvalue weighted by Gasteiger charge is -2.22. The van der Waals surface area contributed by atoms with Crippen molar-refractivity contribution in [3.05, 3.63) is 36.5 Å². The fraction of sp³-hybridized carbons (Fsp3) is 0.826. The van der Waals surface area contributed by atoms with Crippen LogP contribution in [0.25, 0.3) is 0 Å².